The number of carbonyl (C=O) groups excluding carboxylic acids is 2. The molecule has 2 heterocycles. The van der Waals surface area contributed by atoms with Crippen molar-refractivity contribution >= 4 is 29.9 Å². The van der Waals surface area contributed by atoms with Crippen molar-refractivity contribution in [3.05, 3.63) is 29.8 Å². The number of hydrogen-bond donors (Lipinski definition) is 2. The number of nitrogens with zero attached hydrogens (tertiary/aromatic N) is 1. The van der Waals surface area contributed by atoms with Gasteiger partial charge in [0.1, 0.15) is 0 Å². The van der Waals surface area contributed by atoms with Crippen molar-refractivity contribution in [2.75, 3.05) is 18.0 Å². The molecule has 0 saturated carbocycles. The Labute approximate surface area is 149 Å². The fraction of sp³-hybridized carbons (Fsp3) is 0.556. The van der Waals surface area contributed by atoms with E-state index in [1.54, 1.807) is 0 Å². The molecule has 1 aromatic carbocycles. The van der Waals surface area contributed by atoms with E-state index in [2.05, 4.69) is 17.6 Å². The maximum absolute atomic E-state index is 12.5. The minimum Gasteiger partial charge on any atom is -0.350 e. The minimum atomic E-state index is -0.387. The first-order valence-corrected chi connectivity index (χ1v) is 8.57. The van der Waals surface area contributed by atoms with Crippen molar-refractivity contribution in [1.82, 2.24) is 10.6 Å². The molecule has 132 valence electrons. The zero-order valence-electron chi connectivity index (χ0n) is 14.1. The predicted molar refractivity (Wildman–Crippen MR) is 97.4 cm³/mol. The van der Waals surface area contributed by atoms with E-state index in [9.17, 15) is 9.59 Å². The van der Waals surface area contributed by atoms with Crippen LogP contribution in [0.2, 0.25) is 0 Å². The fourth-order valence-electron chi connectivity index (χ4n) is 3.53. The lowest BCUT2D eigenvalue weighted by atomic mass is 9.93. The highest BCUT2D eigenvalue weighted by molar-refractivity contribution is 5.95. The summed E-state index contributed by atoms with van der Waals surface area (Å²) in [5.41, 5.74) is 1.62. The Hall–Kier alpha value is -1.59. The normalized spacial score (nSPS) is 23.2. The first kappa shape index (κ1) is 18.7. The van der Waals surface area contributed by atoms with Crippen LogP contribution in [0.3, 0.4) is 0 Å². The minimum absolute atomic E-state index is 0. The van der Waals surface area contributed by atoms with Crippen molar-refractivity contribution < 1.29 is 9.59 Å². The summed E-state index contributed by atoms with van der Waals surface area (Å²) < 4.78 is 0. The van der Waals surface area contributed by atoms with Crippen LogP contribution in [0, 0.1) is 0 Å². The van der Waals surface area contributed by atoms with Crippen LogP contribution in [0.25, 0.3) is 0 Å². The Morgan fingerprint density at radius 3 is 2.58 bits per heavy atom. The smallest absolute Gasteiger partial charge is 0.240 e. The summed E-state index contributed by atoms with van der Waals surface area (Å²) in [6.45, 7) is 4.30. The van der Waals surface area contributed by atoms with E-state index < -0.39 is 0 Å². The third-order valence-corrected chi connectivity index (χ3v) is 5.06. The van der Waals surface area contributed by atoms with Crippen LogP contribution < -0.4 is 15.5 Å². The number of nitrogens with one attached hydrogen (secondary N) is 2. The first-order chi connectivity index (χ1) is 11.1. The summed E-state index contributed by atoms with van der Waals surface area (Å²) in [4.78, 5) is 26.0. The predicted octanol–water partition coefficient (Wildman–Crippen LogP) is 2.38. The van der Waals surface area contributed by atoms with Gasteiger partial charge in [-0.1, -0.05) is 19.1 Å². The number of anilines is 1. The molecule has 0 spiro atoms. The number of hydrogen-bond acceptors (Lipinski definition) is 3. The molecule has 2 N–H and O–H groups in total. The highest BCUT2D eigenvalue weighted by Crippen LogP contribution is 2.24. The molecule has 5 nitrogen and oxygen atoms in total. The molecule has 1 aromatic rings. The monoisotopic (exact) mass is 351 g/mol. The van der Waals surface area contributed by atoms with Gasteiger partial charge in [0, 0.05) is 25.2 Å². The van der Waals surface area contributed by atoms with Gasteiger partial charge in [-0.2, -0.15) is 0 Å². The molecule has 2 amide bonds. The summed E-state index contributed by atoms with van der Waals surface area (Å²) in [5.74, 6) is 0.291. The lowest BCUT2D eigenvalue weighted by molar-refractivity contribution is -0.127. The number of carbonyl (C=O) groups is 2. The van der Waals surface area contributed by atoms with Crippen molar-refractivity contribution in [2.24, 2.45) is 0 Å². The van der Waals surface area contributed by atoms with Gasteiger partial charge in [0.15, 0.2) is 0 Å². The van der Waals surface area contributed by atoms with E-state index >= 15 is 0 Å². The van der Waals surface area contributed by atoms with E-state index in [0.717, 1.165) is 50.0 Å². The average Bonchev–Trinajstić information content (AvgIpc) is 3.23. The highest BCUT2D eigenvalue weighted by Gasteiger charge is 2.38. The fourth-order valence-corrected chi connectivity index (χ4v) is 3.53. The maximum atomic E-state index is 12.5. The van der Waals surface area contributed by atoms with Gasteiger partial charge in [0.25, 0.3) is 0 Å². The number of halogens is 1. The summed E-state index contributed by atoms with van der Waals surface area (Å²) in [5, 5.41) is 6.40. The van der Waals surface area contributed by atoms with Gasteiger partial charge in [-0.15, -0.1) is 12.4 Å². The Morgan fingerprint density at radius 2 is 2.04 bits per heavy atom. The van der Waals surface area contributed by atoms with Crippen LogP contribution >= 0.6 is 12.4 Å². The first-order valence-electron chi connectivity index (χ1n) is 8.57. The second-order valence-corrected chi connectivity index (χ2v) is 6.46. The van der Waals surface area contributed by atoms with Gasteiger partial charge in [-0.3, -0.25) is 9.59 Å². The van der Waals surface area contributed by atoms with E-state index in [4.69, 9.17) is 0 Å². The molecule has 6 heteroatoms. The van der Waals surface area contributed by atoms with Crippen molar-refractivity contribution in [2.45, 2.75) is 51.1 Å². The second-order valence-electron chi connectivity index (χ2n) is 6.46. The lowest BCUT2D eigenvalue weighted by Gasteiger charge is -2.26. The zero-order valence-corrected chi connectivity index (χ0v) is 15.0. The third-order valence-electron chi connectivity index (χ3n) is 5.06. The summed E-state index contributed by atoms with van der Waals surface area (Å²) in [6, 6.07) is 7.91. The highest BCUT2D eigenvalue weighted by atomic mass is 35.5. The molecule has 3 rings (SSSR count). The average molecular weight is 352 g/mol. The second kappa shape index (κ2) is 7.99. The molecule has 1 atom stereocenters. The third kappa shape index (κ3) is 3.73. The van der Waals surface area contributed by atoms with Crippen molar-refractivity contribution in [3.8, 4) is 0 Å². The number of rotatable bonds is 5. The summed E-state index contributed by atoms with van der Waals surface area (Å²) >= 11 is 0. The Morgan fingerprint density at radius 1 is 1.29 bits per heavy atom. The molecule has 0 radical (unpaired) electrons. The molecule has 2 saturated heterocycles. The van der Waals surface area contributed by atoms with E-state index in [1.165, 1.54) is 0 Å². The lowest BCUT2D eigenvalue weighted by Crippen LogP contribution is -2.52. The van der Waals surface area contributed by atoms with Crippen LogP contribution in [-0.2, 0) is 16.1 Å². The van der Waals surface area contributed by atoms with Crippen LogP contribution in [0.5, 0.6) is 0 Å². The van der Waals surface area contributed by atoms with Crippen LogP contribution in [0.15, 0.2) is 24.3 Å². The van der Waals surface area contributed by atoms with Gasteiger partial charge >= 0.3 is 0 Å². The Balaban J connectivity index is 0.00000208. The van der Waals surface area contributed by atoms with Crippen molar-refractivity contribution in [1.29, 1.82) is 0 Å². The molecule has 0 bridgehead atoms. The summed E-state index contributed by atoms with van der Waals surface area (Å²) in [7, 11) is 0. The maximum Gasteiger partial charge on any atom is 0.240 e. The van der Waals surface area contributed by atoms with E-state index in [-0.39, 0.29) is 29.8 Å². The molecule has 24 heavy (non-hydrogen) atoms. The molecule has 1 unspecified atom stereocenters. The van der Waals surface area contributed by atoms with Gasteiger partial charge < -0.3 is 15.5 Å². The molecule has 2 aliphatic heterocycles. The topological polar surface area (TPSA) is 61.4 Å². The molecular formula is C18H26ClN3O2. The molecular weight excluding hydrogens is 326 g/mol. The molecule has 0 aromatic heterocycles. The molecule has 2 aliphatic rings. The zero-order chi connectivity index (χ0) is 16.3. The largest absolute Gasteiger partial charge is 0.350 e. The summed E-state index contributed by atoms with van der Waals surface area (Å²) in [6.07, 6.45) is 4.35. The van der Waals surface area contributed by atoms with Gasteiger partial charge in [-0.25, -0.2) is 0 Å². The Bertz CT molecular complexity index is 582. The van der Waals surface area contributed by atoms with Crippen molar-refractivity contribution in [3.63, 3.8) is 0 Å². The van der Waals surface area contributed by atoms with Crippen LogP contribution in [0.4, 0.5) is 5.69 Å². The van der Waals surface area contributed by atoms with E-state index in [0.29, 0.717) is 13.0 Å². The van der Waals surface area contributed by atoms with Gasteiger partial charge in [-0.05, 0) is 49.9 Å². The SMILES string of the molecule is CCC1(C(=O)NCc2ccc(N3CCCC3=O)cc2)CCCN1.Cl. The number of amides is 2. The molecule has 0 aliphatic carbocycles. The van der Waals surface area contributed by atoms with Crippen LogP contribution in [-0.4, -0.2) is 30.4 Å². The van der Waals surface area contributed by atoms with Gasteiger partial charge in [0.2, 0.25) is 11.8 Å². The molecule has 2 fully saturated rings. The standard InChI is InChI=1S/C18H25N3O2.ClH/c1-2-18(10-4-11-20-18)17(23)19-13-14-6-8-15(9-7-14)21-12-3-5-16(21)22;/h6-9,20H,2-5,10-13H2,1H3,(H,19,23);1H. The Kier molecular flexibility index (Phi) is 6.24. The quantitative estimate of drug-likeness (QED) is 0.856. The van der Waals surface area contributed by atoms with Crippen LogP contribution in [0.1, 0.15) is 44.6 Å². The van der Waals surface area contributed by atoms with Gasteiger partial charge in [0.05, 0.1) is 5.54 Å². The van der Waals surface area contributed by atoms with E-state index in [1.807, 2.05) is 29.2 Å². The number of benzene rings is 1.